The molecule has 1 aliphatic carbocycles. The van der Waals surface area contributed by atoms with Gasteiger partial charge in [-0.1, -0.05) is 31.2 Å². The normalized spacial score (nSPS) is 18.1. The minimum absolute atomic E-state index is 0.0835. The molecular weight excluding hydrogens is 328 g/mol. The maximum Gasteiger partial charge on any atom is 0.228 e. The lowest BCUT2D eigenvalue weighted by molar-refractivity contribution is -0.122. The minimum Gasteiger partial charge on any atom is -0.497 e. The standard InChI is InChI=1S/C21H24N2O3/c1-4-14-8-5-7-13(2)19(14)23-21(25)18-12-17(18)20(24)22-15-9-6-10-16(11-15)26-3/h5-11,17-18H,4,12H2,1-3H3,(H,22,24)(H,23,25). The number of hydrogen-bond acceptors (Lipinski definition) is 3. The first-order valence-corrected chi connectivity index (χ1v) is 8.87. The number of rotatable bonds is 6. The quantitative estimate of drug-likeness (QED) is 0.831. The lowest BCUT2D eigenvalue weighted by Crippen LogP contribution is -2.21. The number of amides is 2. The van der Waals surface area contributed by atoms with Crippen molar-refractivity contribution in [1.29, 1.82) is 0 Å². The summed E-state index contributed by atoms with van der Waals surface area (Å²) >= 11 is 0. The highest BCUT2D eigenvalue weighted by atomic mass is 16.5. The lowest BCUT2D eigenvalue weighted by Gasteiger charge is -2.13. The number of nitrogens with one attached hydrogen (secondary N) is 2. The molecule has 0 saturated heterocycles. The Labute approximate surface area is 153 Å². The largest absolute Gasteiger partial charge is 0.497 e. The Balaban J connectivity index is 1.61. The van der Waals surface area contributed by atoms with Crippen molar-refractivity contribution < 1.29 is 14.3 Å². The van der Waals surface area contributed by atoms with Crippen molar-refractivity contribution in [3.05, 3.63) is 53.6 Å². The van der Waals surface area contributed by atoms with Crippen LogP contribution in [-0.4, -0.2) is 18.9 Å². The van der Waals surface area contributed by atoms with Crippen LogP contribution in [0.2, 0.25) is 0 Å². The molecular formula is C21H24N2O3. The molecule has 1 aliphatic rings. The van der Waals surface area contributed by atoms with E-state index in [1.54, 1.807) is 19.2 Å². The van der Waals surface area contributed by atoms with E-state index < -0.39 is 0 Å². The number of carbonyl (C=O) groups excluding carboxylic acids is 2. The van der Waals surface area contributed by atoms with E-state index in [0.29, 0.717) is 17.9 Å². The summed E-state index contributed by atoms with van der Waals surface area (Å²) in [5.41, 5.74) is 3.69. The second kappa shape index (κ2) is 7.60. The van der Waals surface area contributed by atoms with Gasteiger partial charge in [0, 0.05) is 17.4 Å². The van der Waals surface area contributed by atoms with Gasteiger partial charge in [0.1, 0.15) is 5.75 Å². The van der Waals surface area contributed by atoms with Crippen LogP contribution in [0.3, 0.4) is 0 Å². The number of hydrogen-bond donors (Lipinski definition) is 2. The molecule has 0 radical (unpaired) electrons. The fourth-order valence-electron chi connectivity index (χ4n) is 3.13. The van der Waals surface area contributed by atoms with E-state index in [1.165, 1.54) is 0 Å². The molecule has 1 saturated carbocycles. The van der Waals surface area contributed by atoms with Crippen LogP contribution in [0.25, 0.3) is 0 Å². The van der Waals surface area contributed by atoms with Crippen LogP contribution in [0.15, 0.2) is 42.5 Å². The molecule has 2 unspecified atom stereocenters. The van der Waals surface area contributed by atoms with Gasteiger partial charge in [0.25, 0.3) is 0 Å². The van der Waals surface area contributed by atoms with E-state index in [4.69, 9.17) is 4.74 Å². The van der Waals surface area contributed by atoms with E-state index in [2.05, 4.69) is 17.6 Å². The Hall–Kier alpha value is -2.82. The third-order valence-electron chi connectivity index (χ3n) is 4.79. The van der Waals surface area contributed by atoms with Crippen molar-refractivity contribution in [2.24, 2.45) is 11.8 Å². The number of carbonyl (C=O) groups is 2. The molecule has 3 rings (SSSR count). The number of para-hydroxylation sites is 1. The predicted molar refractivity (Wildman–Crippen MR) is 102 cm³/mol. The zero-order chi connectivity index (χ0) is 18.7. The van der Waals surface area contributed by atoms with Gasteiger partial charge in [-0.2, -0.15) is 0 Å². The van der Waals surface area contributed by atoms with E-state index >= 15 is 0 Å². The average molecular weight is 352 g/mol. The average Bonchev–Trinajstić information content (AvgIpc) is 3.44. The monoisotopic (exact) mass is 352 g/mol. The van der Waals surface area contributed by atoms with Gasteiger partial charge in [-0.3, -0.25) is 9.59 Å². The summed E-state index contributed by atoms with van der Waals surface area (Å²) in [7, 11) is 1.58. The Bertz CT molecular complexity index is 832. The van der Waals surface area contributed by atoms with Crippen LogP contribution in [0, 0.1) is 18.8 Å². The summed E-state index contributed by atoms with van der Waals surface area (Å²) in [5, 5.41) is 5.88. The predicted octanol–water partition coefficient (Wildman–Crippen LogP) is 3.78. The minimum atomic E-state index is -0.282. The molecule has 5 nitrogen and oxygen atoms in total. The molecule has 1 fully saturated rings. The second-order valence-corrected chi connectivity index (χ2v) is 6.62. The fourth-order valence-corrected chi connectivity index (χ4v) is 3.13. The molecule has 0 aliphatic heterocycles. The summed E-state index contributed by atoms with van der Waals surface area (Å²) < 4.78 is 5.16. The van der Waals surface area contributed by atoms with Gasteiger partial charge in [0.15, 0.2) is 0 Å². The van der Waals surface area contributed by atoms with Gasteiger partial charge in [-0.05, 0) is 43.0 Å². The number of ether oxygens (including phenoxy) is 1. The van der Waals surface area contributed by atoms with E-state index in [-0.39, 0.29) is 23.7 Å². The fraction of sp³-hybridized carbons (Fsp3) is 0.333. The van der Waals surface area contributed by atoms with Crippen molar-refractivity contribution in [2.75, 3.05) is 17.7 Å². The van der Waals surface area contributed by atoms with Crippen molar-refractivity contribution in [2.45, 2.75) is 26.7 Å². The van der Waals surface area contributed by atoms with Crippen LogP contribution in [0.4, 0.5) is 11.4 Å². The highest BCUT2D eigenvalue weighted by Crippen LogP contribution is 2.40. The van der Waals surface area contributed by atoms with Gasteiger partial charge in [-0.15, -0.1) is 0 Å². The van der Waals surface area contributed by atoms with Gasteiger partial charge in [-0.25, -0.2) is 0 Å². The van der Waals surface area contributed by atoms with Crippen LogP contribution >= 0.6 is 0 Å². The van der Waals surface area contributed by atoms with E-state index in [9.17, 15) is 9.59 Å². The third kappa shape index (κ3) is 3.87. The first-order chi connectivity index (χ1) is 12.5. The number of anilines is 2. The number of methoxy groups -OCH3 is 1. The Morgan fingerprint density at radius 3 is 2.46 bits per heavy atom. The molecule has 2 atom stereocenters. The Morgan fingerprint density at radius 1 is 1.08 bits per heavy atom. The van der Waals surface area contributed by atoms with Gasteiger partial charge >= 0.3 is 0 Å². The summed E-state index contributed by atoms with van der Waals surface area (Å²) in [6.07, 6.45) is 1.43. The summed E-state index contributed by atoms with van der Waals surface area (Å²) in [6.45, 7) is 4.04. The third-order valence-corrected chi connectivity index (χ3v) is 4.79. The molecule has 2 amide bonds. The zero-order valence-electron chi connectivity index (χ0n) is 15.3. The smallest absolute Gasteiger partial charge is 0.228 e. The molecule has 0 heterocycles. The van der Waals surface area contributed by atoms with E-state index in [1.807, 2.05) is 37.3 Å². The molecule has 0 aromatic heterocycles. The SMILES string of the molecule is CCc1cccc(C)c1NC(=O)C1CC1C(=O)Nc1cccc(OC)c1. The zero-order valence-corrected chi connectivity index (χ0v) is 15.3. The lowest BCUT2D eigenvalue weighted by atomic mass is 10.1. The van der Waals surface area contributed by atoms with Crippen molar-refractivity contribution in [3.8, 4) is 5.75 Å². The van der Waals surface area contributed by atoms with Gasteiger partial charge in [0.05, 0.1) is 18.9 Å². The molecule has 2 aromatic carbocycles. The van der Waals surface area contributed by atoms with Crippen LogP contribution < -0.4 is 15.4 Å². The van der Waals surface area contributed by atoms with E-state index in [0.717, 1.165) is 23.2 Å². The maximum atomic E-state index is 12.6. The van der Waals surface area contributed by atoms with Crippen LogP contribution in [0.1, 0.15) is 24.5 Å². The second-order valence-electron chi connectivity index (χ2n) is 6.62. The highest BCUT2D eigenvalue weighted by molar-refractivity contribution is 6.03. The Morgan fingerprint density at radius 2 is 1.77 bits per heavy atom. The van der Waals surface area contributed by atoms with Crippen LogP contribution in [-0.2, 0) is 16.0 Å². The summed E-state index contributed by atoms with van der Waals surface area (Å²) in [5.74, 6) is -0.0848. The van der Waals surface area contributed by atoms with Gasteiger partial charge in [0.2, 0.25) is 11.8 Å². The molecule has 5 heteroatoms. The van der Waals surface area contributed by atoms with Crippen molar-refractivity contribution in [3.63, 3.8) is 0 Å². The molecule has 2 N–H and O–H groups in total. The first kappa shape index (κ1) is 18.0. The highest BCUT2D eigenvalue weighted by Gasteiger charge is 2.48. The van der Waals surface area contributed by atoms with Crippen LogP contribution in [0.5, 0.6) is 5.75 Å². The van der Waals surface area contributed by atoms with Crippen molar-refractivity contribution in [1.82, 2.24) is 0 Å². The topological polar surface area (TPSA) is 67.4 Å². The van der Waals surface area contributed by atoms with Gasteiger partial charge < -0.3 is 15.4 Å². The number of benzene rings is 2. The maximum absolute atomic E-state index is 12.6. The molecule has 0 spiro atoms. The Kier molecular flexibility index (Phi) is 5.26. The molecule has 0 bridgehead atoms. The first-order valence-electron chi connectivity index (χ1n) is 8.87. The molecule has 136 valence electrons. The molecule has 2 aromatic rings. The van der Waals surface area contributed by atoms with Crippen molar-refractivity contribution >= 4 is 23.2 Å². The summed E-state index contributed by atoms with van der Waals surface area (Å²) in [4.78, 5) is 25.0. The summed E-state index contributed by atoms with van der Waals surface area (Å²) in [6, 6.07) is 13.2. The number of aryl methyl sites for hydroxylation is 2. The molecule has 26 heavy (non-hydrogen) atoms.